The number of hydrogen-bond acceptors (Lipinski definition) is 4. The number of aliphatic imine (C=N–C) groups is 1. The third-order valence-corrected chi connectivity index (χ3v) is 6.80. The first-order valence-corrected chi connectivity index (χ1v) is 10.5. The van der Waals surface area contributed by atoms with Gasteiger partial charge in [-0.2, -0.15) is 0 Å². The van der Waals surface area contributed by atoms with Crippen LogP contribution in [-0.4, -0.2) is 58.0 Å². The molecule has 0 radical (unpaired) electrons. The highest BCUT2D eigenvalue weighted by molar-refractivity contribution is 14.0. The van der Waals surface area contributed by atoms with Gasteiger partial charge < -0.3 is 25.0 Å². The Morgan fingerprint density at radius 3 is 2.79 bits per heavy atom. The van der Waals surface area contributed by atoms with E-state index >= 15 is 0 Å². The highest BCUT2D eigenvalue weighted by Gasteiger charge is 2.59. The highest BCUT2D eigenvalue weighted by Crippen LogP contribution is 2.52. The summed E-state index contributed by atoms with van der Waals surface area (Å²) in [5.74, 6) is 2.45. The third-order valence-electron chi connectivity index (χ3n) is 6.80. The second-order valence-corrected chi connectivity index (χ2v) is 8.86. The van der Waals surface area contributed by atoms with Gasteiger partial charge in [0.05, 0.1) is 18.9 Å². The number of piperidine rings is 1. The van der Waals surface area contributed by atoms with Gasteiger partial charge in [0.2, 0.25) is 0 Å². The summed E-state index contributed by atoms with van der Waals surface area (Å²) in [6.45, 7) is 7.49. The van der Waals surface area contributed by atoms with E-state index in [0.717, 1.165) is 50.7 Å². The number of halogens is 1. The van der Waals surface area contributed by atoms with Crippen LogP contribution in [0.3, 0.4) is 0 Å². The maximum atomic E-state index is 5.93. The number of nitrogens with one attached hydrogen (secondary N) is 2. The molecule has 6 nitrogen and oxygen atoms in total. The maximum Gasteiger partial charge on any atom is 0.191 e. The molecule has 2 N–H and O–H groups in total. The van der Waals surface area contributed by atoms with Crippen molar-refractivity contribution in [1.29, 1.82) is 0 Å². The molecule has 0 spiro atoms. The van der Waals surface area contributed by atoms with Gasteiger partial charge in [-0.25, -0.2) is 0 Å². The molecule has 3 fully saturated rings. The van der Waals surface area contributed by atoms with Crippen LogP contribution < -0.4 is 20.3 Å². The van der Waals surface area contributed by atoms with E-state index in [1.807, 2.05) is 19.2 Å². The lowest BCUT2D eigenvalue weighted by Gasteiger charge is -2.55. The fourth-order valence-electron chi connectivity index (χ4n) is 5.33. The van der Waals surface area contributed by atoms with Crippen molar-refractivity contribution >= 4 is 35.6 Å². The summed E-state index contributed by atoms with van der Waals surface area (Å²) >= 11 is 0. The number of hydrogen-bond donors (Lipinski definition) is 2. The van der Waals surface area contributed by atoms with Crippen LogP contribution in [0.4, 0.5) is 5.69 Å². The minimum Gasteiger partial charge on any atom is -0.495 e. The predicted molar refractivity (Wildman–Crippen MR) is 129 cm³/mol. The monoisotopic (exact) mass is 514 g/mol. The van der Waals surface area contributed by atoms with E-state index in [4.69, 9.17) is 9.47 Å². The summed E-state index contributed by atoms with van der Waals surface area (Å²) in [4.78, 5) is 6.94. The fraction of sp³-hybridized carbons (Fsp3) is 0.682. The van der Waals surface area contributed by atoms with Crippen LogP contribution in [0, 0.1) is 11.3 Å². The van der Waals surface area contributed by atoms with Crippen LogP contribution in [-0.2, 0) is 4.74 Å². The second-order valence-electron chi connectivity index (χ2n) is 8.86. The Balaban J connectivity index is 0.00000240. The summed E-state index contributed by atoms with van der Waals surface area (Å²) in [7, 11) is 3.61. The van der Waals surface area contributed by atoms with E-state index in [-0.39, 0.29) is 29.4 Å². The molecule has 2 saturated heterocycles. The number of methoxy groups -OCH3 is 1. The molecule has 1 aliphatic carbocycles. The van der Waals surface area contributed by atoms with Crippen LogP contribution in [0.1, 0.15) is 33.1 Å². The standard InChI is InChI=1S/C22H34N4O2.HI/c1-22(2)19(16-11-13-28-20(16)22)25-21(23-3)24-15-8-7-12-26(14-15)17-9-5-6-10-18(17)27-4;/h5-6,9-10,15-16,19-20H,7-8,11-14H2,1-4H3,(H2,23,24,25);1H. The van der Waals surface area contributed by atoms with Gasteiger partial charge in [-0.15, -0.1) is 24.0 Å². The number of rotatable bonds is 4. The van der Waals surface area contributed by atoms with Crippen molar-refractivity contribution in [1.82, 2.24) is 10.6 Å². The van der Waals surface area contributed by atoms with Crippen molar-refractivity contribution in [2.75, 3.05) is 38.8 Å². The molecular formula is C22H35IN4O2. The van der Waals surface area contributed by atoms with Gasteiger partial charge in [0, 0.05) is 50.2 Å². The first-order chi connectivity index (χ1) is 13.5. The molecule has 2 heterocycles. The summed E-state index contributed by atoms with van der Waals surface area (Å²) in [5, 5.41) is 7.38. The zero-order valence-corrected chi connectivity index (χ0v) is 20.3. The molecule has 1 saturated carbocycles. The van der Waals surface area contributed by atoms with Crippen LogP contribution in [0.2, 0.25) is 0 Å². The summed E-state index contributed by atoms with van der Waals surface area (Å²) in [5.41, 5.74) is 1.32. The van der Waals surface area contributed by atoms with Crippen LogP contribution in [0.5, 0.6) is 5.75 Å². The SMILES string of the molecule is CN=C(NC1CCCN(c2ccccc2OC)C1)NC1C2CCOC2C1(C)C.I. The Kier molecular flexibility index (Phi) is 7.19. The number of fused-ring (bicyclic) bond motifs is 1. The first kappa shape index (κ1) is 22.5. The average Bonchev–Trinajstić information content (AvgIpc) is 3.18. The quantitative estimate of drug-likeness (QED) is 0.367. The van der Waals surface area contributed by atoms with E-state index in [0.29, 0.717) is 24.1 Å². The Labute approximate surface area is 191 Å². The third kappa shape index (κ3) is 4.31. The fourth-order valence-corrected chi connectivity index (χ4v) is 5.33. The molecule has 0 amide bonds. The number of para-hydroxylation sites is 2. The topological polar surface area (TPSA) is 58.1 Å². The van der Waals surface area contributed by atoms with Gasteiger partial charge >= 0.3 is 0 Å². The van der Waals surface area contributed by atoms with E-state index in [9.17, 15) is 0 Å². The van der Waals surface area contributed by atoms with E-state index in [2.05, 4.69) is 46.5 Å². The maximum absolute atomic E-state index is 5.93. The predicted octanol–water partition coefficient (Wildman–Crippen LogP) is 3.26. The Morgan fingerprint density at radius 2 is 2.03 bits per heavy atom. The van der Waals surface area contributed by atoms with Gasteiger partial charge in [-0.1, -0.05) is 26.0 Å². The smallest absolute Gasteiger partial charge is 0.191 e. The average molecular weight is 514 g/mol. The number of benzene rings is 1. The summed E-state index contributed by atoms with van der Waals surface area (Å²) in [6, 6.07) is 9.06. The molecule has 4 rings (SSSR count). The Bertz CT molecular complexity index is 727. The van der Waals surface area contributed by atoms with Gasteiger partial charge in [0.15, 0.2) is 5.96 Å². The Hall–Kier alpha value is -1.22. The highest BCUT2D eigenvalue weighted by atomic mass is 127. The van der Waals surface area contributed by atoms with Crippen LogP contribution in [0.15, 0.2) is 29.3 Å². The van der Waals surface area contributed by atoms with E-state index in [1.165, 1.54) is 5.69 Å². The molecule has 1 aromatic carbocycles. The lowest BCUT2D eigenvalue weighted by atomic mass is 9.57. The molecule has 3 aliphatic rings. The molecule has 7 heteroatoms. The molecule has 162 valence electrons. The lowest BCUT2D eigenvalue weighted by Crippen LogP contribution is -2.68. The van der Waals surface area contributed by atoms with Gasteiger partial charge in [-0.3, -0.25) is 4.99 Å². The molecule has 4 atom stereocenters. The molecule has 1 aromatic rings. The largest absolute Gasteiger partial charge is 0.495 e. The van der Waals surface area contributed by atoms with Crippen LogP contribution in [0.25, 0.3) is 0 Å². The van der Waals surface area contributed by atoms with Gasteiger partial charge in [0.25, 0.3) is 0 Å². The Morgan fingerprint density at radius 1 is 1.24 bits per heavy atom. The lowest BCUT2D eigenvalue weighted by molar-refractivity contribution is -0.106. The summed E-state index contributed by atoms with van der Waals surface area (Å²) in [6.07, 6.45) is 3.84. The minimum atomic E-state index is 0. The van der Waals surface area contributed by atoms with E-state index in [1.54, 1.807) is 7.11 Å². The number of anilines is 1. The van der Waals surface area contributed by atoms with Gasteiger partial charge in [0.1, 0.15) is 5.75 Å². The second kappa shape index (κ2) is 9.29. The molecular weight excluding hydrogens is 479 g/mol. The van der Waals surface area contributed by atoms with Crippen LogP contribution >= 0.6 is 24.0 Å². The van der Waals surface area contributed by atoms with Crippen molar-refractivity contribution in [2.24, 2.45) is 16.3 Å². The minimum absolute atomic E-state index is 0. The molecule has 0 aromatic heterocycles. The number of nitrogens with zero attached hydrogens (tertiary/aromatic N) is 2. The summed E-state index contributed by atoms with van der Waals surface area (Å²) < 4.78 is 11.5. The first-order valence-electron chi connectivity index (χ1n) is 10.5. The molecule has 29 heavy (non-hydrogen) atoms. The van der Waals surface area contributed by atoms with E-state index < -0.39 is 0 Å². The molecule has 4 unspecified atom stereocenters. The van der Waals surface area contributed by atoms with Crippen molar-refractivity contribution in [3.05, 3.63) is 24.3 Å². The zero-order valence-electron chi connectivity index (χ0n) is 18.0. The molecule has 2 aliphatic heterocycles. The molecule has 0 bridgehead atoms. The number of ether oxygens (including phenoxy) is 2. The van der Waals surface area contributed by atoms with Gasteiger partial charge in [-0.05, 0) is 31.4 Å². The van der Waals surface area contributed by atoms with Crippen molar-refractivity contribution in [3.8, 4) is 5.75 Å². The van der Waals surface area contributed by atoms with Crippen molar-refractivity contribution in [3.63, 3.8) is 0 Å². The zero-order chi connectivity index (χ0) is 19.7. The number of guanidine groups is 1. The normalized spacial score (nSPS) is 30.6. The van der Waals surface area contributed by atoms with Crippen molar-refractivity contribution < 1.29 is 9.47 Å². The van der Waals surface area contributed by atoms with Crippen molar-refractivity contribution in [2.45, 2.75) is 51.3 Å².